The summed E-state index contributed by atoms with van der Waals surface area (Å²) in [6.45, 7) is 5.90. The summed E-state index contributed by atoms with van der Waals surface area (Å²) in [4.78, 5) is 56.4. The lowest BCUT2D eigenvalue weighted by molar-refractivity contribution is -0.159. The quantitative estimate of drug-likeness (QED) is 0.414. The summed E-state index contributed by atoms with van der Waals surface area (Å²) in [5.74, 6) is -3.33. The lowest BCUT2D eigenvalue weighted by atomic mass is 9.78. The number of rotatable bonds is 5. The Balaban J connectivity index is 1.77. The zero-order chi connectivity index (χ0) is 26.0. The average molecular weight is 504 g/mol. The average Bonchev–Trinajstić information content (AvgIpc) is 3.20. The van der Waals surface area contributed by atoms with Crippen LogP contribution in [0.15, 0.2) is 24.3 Å². The first-order valence-electron chi connectivity index (χ1n) is 13.0. The van der Waals surface area contributed by atoms with Crippen molar-refractivity contribution in [2.24, 2.45) is 11.8 Å². The molecule has 0 aromatic carbocycles. The van der Waals surface area contributed by atoms with Gasteiger partial charge in [0, 0.05) is 25.6 Å². The topological polar surface area (TPSA) is 125 Å². The van der Waals surface area contributed by atoms with E-state index < -0.39 is 47.6 Å². The highest BCUT2D eigenvalue weighted by molar-refractivity contribution is 5.99. The Hall–Kier alpha value is -2.72. The Morgan fingerprint density at radius 3 is 2.72 bits per heavy atom. The van der Waals surface area contributed by atoms with Gasteiger partial charge in [-0.05, 0) is 26.7 Å². The number of likely N-dealkylation sites (tertiary alicyclic amines) is 1. The van der Waals surface area contributed by atoms with E-state index in [1.807, 2.05) is 13.0 Å². The minimum atomic E-state index is -1.36. The molecule has 0 aliphatic carbocycles. The second-order valence-corrected chi connectivity index (χ2v) is 10.1. The van der Waals surface area contributed by atoms with E-state index in [2.05, 4.69) is 12.2 Å². The molecule has 4 heterocycles. The fourth-order valence-electron chi connectivity index (χ4n) is 6.00. The monoisotopic (exact) mass is 503 g/mol. The van der Waals surface area contributed by atoms with Crippen LogP contribution in [-0.4, -0.2) is 94.7 Å². The van der Waals surface area contributed by atoms with Crippen LogP contribution in [0.4, 0.5) is 0 Å². The molecule has 0 bridgehead atoms. The van der Waals surface area contributed by atoms with Crippen LogP contribution >= 0.6 is 0 Å². The lowest BCUT2D eigenvalue weighted by Crippen LogP contribution is -2.57. The number of aliphatic hydroxyl groups excluding tert-OH is 1. The van der Waals surface area contributed by atoms with Crippen LogP contribution in [0.3, 0.4) is 0 Å². The van der Waals surface area contributed by atoms with Crippen molar-refractivity contribution >= 4 is 23.7 Å². The molecule has 1 spiro atoms. The number of cyclic esters (lactones) is 1. The number of fused-ring (bicyclic) bond motifs is 2. The Morgan fingerprint density at radius 2 is 2.00 bits per heavy atom. The Bertz CT molecular complexity index is 950. The fraction of sp³-hybridized carbons (Fsp3) is 0.692. The highest BCUT2D eigenvalue weighted by Crippen LogP contribution is 2.53. The third-order valence-corrected chi connectivity index (χ3v) is 7.64. The molecule has 4 rings (SSSR count). The van der Waals surface area contributed by atoms with Crippen LogP contribution < -0.4 is 5.32 Å². The van der Waals surface area contributed by atoms with Crippen LogP contribution in [0.2, 0.25) is 0 Å². The standard InChI is InChI=1S/C26H37N3O7/c1-4-8-16(2)28-12-7-11-26-21(23(32)29(13-14-30)22(26)24(28)33)20-18(36-26)9-5-6-10-19(31)27-15-17(3)35-25(20)34/h5,7,9,11,16-18,20-22,30H,4,6,8,10,12-15H2,1-3H3,(H,27,31)/b9-5-/t16?,17-,18-,20+,21+,22-,26+/m0/s1. The Kier molecular flexibility index (Phi) is 7.85. The third-order valence-electron chi connectivity index (χ3n) is 7.64. The maximum atomic E-state index is 14.0. The van der Waals surface area contributed by atoms with E-state index in [-0.39, 0.29) is 44.0 Å². The number of carbonyl (C=O) groups excluding carboxylic acids is 4. The number of amides is 3. The van der Waals surface area contributed by atoms with E-state index in [0.717, 1.165) is 12.8 Å². The summed E-state index contributed by atoms with van der Waals surface area (Å²) in [5.41, 5.74) is -1.36. The molecule has 2 N–H and O–H groups in total. The molecular weight excluding hydrogens is 466 g/mol. The summed E-state index contributed by atoms with van der Waals surface area (Å²) in [5, 5.41) is 12.5. The predicted molar refractivity (Wildman–Crippen MR) is 129 cm³/mol. The molecule has 2 fully saturated rings. The maximum Gasteiger partial charge on any atom is 0.313 e. The molecule has 0 aromatic heterocycles. The van der Waals surface area contributed by atoms with Gasteiger partial charge in [-0.15, -0.1) is 0 Å². The third kappa shape index (κ3) is 4.56. The van der Waals surface area contributed by atoms with Crippen molar-refractivity contribution < 1.29 is 33.8 Å². The predicted octanol–water partition coefficient (Wildman–Crippen LogP) is 0.544. The van der Waals surface area contributed by atoms with Gasteiger partial charge in [0.15, 0.2) is 0 Å². The molecule has 1 unspecified atom stereocenters. The van der Waals surface area contributed by atoms with E-state index in [1.165, 1.54) is 4.90 Å². The van der Waals surface area contributed by atoms with Gasteiger partial charge in [-0.3, -0.25) is 19.2 Å². The summed E-state index contributed by atoms with van der Waals surface area (Å²) >= 11 is 0. The molecule has 7 atom stereocenters. The van der Waals surface area contributed by atoms with Gasteiger partial charge in [0.2, 0.25) is 17.7 Å². The highest BCUT2D eigenvalue weighted by Gasteiger charge is 2.71. The molecule has 3 amide bonds. The molecule has 4 aliphatic heterocycles. The second-order valence-electron chi connectivity index (χ2n) is 10.1. The number of nitrogens with zero attached hydrogens (tertiary/aromatic N) is 2. The van der Waals surface area contributed by atoms with Gasteiger partial charge in [-0.25, -0.2) is 0 Å². The van der Waals surface area contributed by atoms with Gasteiger partial charge in [0.1, 0.15) is 23.7 Å². The van der Waals surface area contributed by atoms with Crippen molar-refractivity contribution in [3.05, 3.63) is 24.3 Å². The fourth-order valence-corrected chi connectivity index (χ4v) is 6.00. The van der Waals surface area contributed by atoms with Crippen LogP contribution in [0.5, 0.6) is 0 Å². The number of nitrogens with one attached hydrogen (secondary N) is 1. The van der Waals surface area contributed by atoms with Gasteiger partial charge in [-0.1, -0.05) is 37.6 Å². The van der Waals surface area contributed by atoms with E-state index in [4.69, 9.17) is 9.47 Å². The Morgan fingerprint density at radius 1 is 1.22 bits per heavy atom. The number of esters is 1. The van der Waals surface area contributed by atoms with Crippen molar-refractivity contribution in [1.82, 2.24) is 15.1 Å². The van der Waals surface area contributed by atoms with Crippen molar-refractivity contribution in [3.63, 3.8) is 0 Å². The van der Waals surface area contributed by atoms with Crippen LogP contribution in [0.25, 0.3) is 0 Å². The minimum absolute atomic E-state index is 0.0363. The maximum absolute atomic E-state index is 14.0. The number of hydrogen-bond donors (Lipinski definition) is 2. The van der Waals surface area contributed by atoms with Gasteiger partial charge in [0.05, 0.1) is 25.2 Å². The normalized spacial score (nSPS) is 36.6. The van der Waals surface area contributed by atoms with Crippen LogP contribution in [-0.2, 0) is 28.7 Å². The molecule has 2 saturated heterocycles. The first-order chi connectivity index (χ1) is 17.2. The van der Waals surface area contributed by atoms with E-state index in [1.54, 1.807) is 30.1 Å². The molecule has 0 aromatic rings. The minimum Gasteiger partial charge on any atom is -0.460 e. The molecule has 10 nitrogen and oxygen atoms in total. The first kappa shape index (κ1) is 26.3. The van der Waals surface area contributed by atoms with Crippen molar-refractivity contribution in [2.75, 3.05) is 26.2 Å². The van der Waals surface area contributed by atoms with Crippen LogP contribution in [0, 0.1) is 11.8 Å². The number of carbonyl (C=O) groups is 4. The molecule has 4 aliphatic rings. The largest absolute Gasteiger partial charge is 0.460 e. The number of hydrogen-bond acceptors (Lipinski definition) is 7. The van der Waals surface area contributed by atoms with Crippen molar-refractivity contribution in [1.29, 1.82) is 0 Å². The summed E-state index contributed by atoms with van der Waals surface area (Å²) < 4.78 is 12.2. The zero-order valence-corrected chi connectivity index (χ0v) is 21.2. The second kappa shape index (κ2) is 10.7. The van der Waals surface area contributed by atoms with Crippen molar-refractivity contribution in [2.45, 2.75) is 76.3 Å². The van der Waals surface area contributed by atoms with Gasteiger partial charge < -0.3 is 29.7 Å². The smallest absolute Gasteiger partial charge is 0.313 e. The van der Waals surface area contributed by atoms with E-state index in [9.17, 15) is 24.3 Å². The summed E-state index contributed by atoms with van der Waals surface area (Å²) in [7, 11) is 0. The summed E-state index contributed by atoms with van der Waals surface area (Å²) in [6.07, 6.45) is 8.15. The SMILES string of the molecule is CCCC(C)N1CC=C[C@@]23O[C@H]4/C=C\CCC(=O)NC[C@H](C)OC(=O)[C@H]4[C@@H]2C(=O)N(CCO)[C@H]3C1=O. The molecule has 36 heavy (non-hydrogen) atoms. The van der Waals surface area contributed by atoms with Crippen LogP contribution in [0.1, 0.15) is 46.5 Å². The first-order valence-corrected chi connectivity index (χ1v) is 13.0. The van der Waals surface area contributed by atoms with E-state index >= 15 is 0 Å². The molecule has 10 heteroatoms. The molecular formula is C26H37N3O7. The summed E-state index contributed by atoms with van der Waals surface area (Å²) in [6, 6.07) is -1.04. The van der Waals surface area contributed by atoms with Gasteiger partial charge in [-0.2, -0.15) is 0 Å². The van der Waals surface area contributed by atoms with Gasteiger partial charge in [0.25, 0.3) is 0 Å². The lowest BCUT2D eigenvalue weighted by Gasteiger charge is -2.37. The number of aliphatic hydroxyl groups is 1. The van der Waals surface area contributed by atoms with E-state index in [0.29, 0.717) is 13.0 Å². The molecule has 198 valence electrons. The van der Waals surface area contributed by atoms with Crippen molar-refractivity contribution in [3.8, 4) is 0 Å². The molecule has 0 radical (unpaired) electrons. The number of allylic oxidation sites excluding steroid dienone is 1. The zero-order valence-electron chi connectivity index (χ0n) is 21.2. The number of ether oxygens (including phenoxy) is 2. The molecule has 0 saturated carbocycles. The highest BCUT2D eigenvalue weighted by atomic mass is 16.6. The Labute approximate surface area is 211 Å². The van der Waals surface area contributed by atoms with Gasteiger partial charge >= 0.3 is 5.97 Å². The number of β-amino-alcohol motifs (C(OH)–C–C–N with tert-alkyl or cyclic N) is 1.